The van der Waals surface area contributed by atoms with Crippen LogP contribution in [0.5, 0.6) is 0 Å². The standard InChI is InChI=1S/C12H8O7S3/c13-20(14)9-3-1-2-4-10(9)21(15,16)12-7-8(22(17,18)19)5-6-11(12)20/h1-7H,(H,17,18,19)/p-1. The average molecular weight is 359 g/mol. The molecule has 0 amide bonds. The van der Waals surface area contributed by atoms with Crippen molar-refractivity contribution in [1.29, 1.82) is 0 Å². The molecule has 0 aliphatic carbocycles. The maximum atomic E-state index is 12.5. The van der Waals surface area contributed by atoms with Crippen molar-refractivity contribution in [2.24, 2.45) is 0 Å². The Bertz CT molecular complexity index is 1110. The van der Waals surface area contributed by atoms with Gasteiger partial charge in [-0.2, -0.15) is 0 Å². The lowest BCUT2D eigenvalue weighted by Gasteiger charge is -2.20. The van der Waals surface area contributed by atoms with Crippen LogP contribution in [0.25, 0.3) is 0 Å². The first-order valence-electron chi connectivity index (χ1n) is 5.75. The molecule has 0 unspecified atom stereocenters. The van der Waals surface area contributed by atoms with Crippen LogP contribution in [0.2, 0.25) is 0 Å². The Morgan fingerprint density at radius 1 is 0.727 bits per heavy atom. The normalized spacial score (nSPS) is 18.2. The monoisotopic (exact) mass is 359 g/mol. The van der Waals surface area contributed by atoms with Crippen LogP contribution in [0.15, 0.2) is 66.9 Å². The van der Waals surface area contributed by atoms with Gasteiger partial charge in [0.05, 0.1) is 24.5 Å². The number of hydrogen-bond acceptors (Lipinski definition) is 7. The summed E-state index contributed by atoms with van der Waals surface area (Å²) in [5, 5.41) is 0. The zero-order chi connectivity index (χ0) is 16.3. The van der Waals surface area contributed by atoms with E-state index in [1.165, 1.54) is 12.1 Å². The predicted octanol–water partition coefficient (Wildman–Crippen LogP) is 0.570. The molecule has 7 nitrogen and oxygen atoms in total. The fourth-order valence-electron chi connectivity index (χ4n) is 2.21. The number of fused-ring (bicyclic) bond motifs is 2. The van der Waals surface area contributed by atoms with Crippen molar-refractivity contribution < 1.29 is 29.8 Å². The van der Waals surface area contributed by atoms with Crippen LogP contribution < -0.4 is 0 Å². The highest BCUT2D eigenvalue weighted by molar-refractivity contribution is 7.97. The van der Waals surface area contributed by atoms with E-state index in [9.17, 15) is 29.8 Å². The second-order valence-electron chi connectivity index (χ2n) is 4.52. The summed E-state index contributed by atoms with van der Waals surface area (Å²) in [6.07, 6.45) is 0. The van der Waals surface area contributed by atoms with Crippen molar-refractivity contribution in [3.05, 3.63) is 42.5 Å². The Balaban J connectivity index is 2.50. The van der Waals surface area contributed by atoms with Gasteiger partial charge >= 0.3 is 0 Å². The third kappa shape index (κ3) is 1.99. The van der Waals surface area contributed by atoms with Crippen molar-refractivity contribution in [2.75, 3.05) is 0 Å². The summed E-state index contributed by atoms with van der Waals surface area (Å²) in [4.78, 5) is -2.87. The van der Waals surface area contributed by atoms with Gasteiger partial charge < -0.3 is 4.55 Å². The minimum Gasteiger partial charge on any atom is -0.744 e. The summed E-state index contributed by atoms with van der Waals surface area (Å²) in [5.41, 5.74) is 0. The second kappa shape index (κ2) is 4.38. The SMILES string of the molecule is O=S(=O)([O-])c1ccc2c(c1)S(=O)(=O)c1ccccc1S2(=O)=O. The van der Waals surface area contributed by atoms with Gasteiger partial charge in [0, 0.05) is 0 Å². The van der Waals surface area contributed by atoms with E-state index >= 15 is 0 Å². The van der Waals surface area contributed by atoms with Crippen LogP contribution in [0.1, 0.15) is 0 Å². The molecule has 0 atom stereocenters. The smallest absolute Gasteiger partial charge is 0.209 e. The molecule has 0 fully saturated rings. The minimum atomic E-state index is -4.91. The molecule has 0 radical (unpaired) electrons. The maximum Gasteiger partial charge on any atom is 0.209 e. The number of hydrogen-bond donors (Lipinski definition) is 0. The molecule has 0 N–H and O–H groups in total. The van der Waals surface area contributed by atoms with E-state index in [4.69, 9.17) is 0 Å². The third-order valence-corrected chi connectivity index (χ3v) is 8.02. The summed E-state index contributed by atoms with van der Waals surface area (Å²) in [6, 6.07) is 7.19. The highest BCUT2D eigenvalue weighted by Gasteiger charge is 2.39. The Kier molecular flexibility index (Phi) is 3.02. The van der Waals surface area contributed by atoms with Crippen LogP contribution in [-0.4, -0.2) is 29.8 Å². The van der Waals surface area contributed by atoms with Crippen molar-refractivity contribution in [1.82, 2.24) is 0 Å². The first-order chi connectivity index (χ1) is 10.1. The lowest BCUT2D eigenvalue weighted by Crippen LogP contribution is -2.20. The van der Waals surface area contributed by atoms with Crippen molar-refractivity contribution >= 4 is 29.8 Å². The first kappa shape index (κ1) is 15.2. The van der Waals surface area contributed by atoms with Gasteiger partial charge in [0.1, 0.15) is 10.1 Å². The lowest BCUT2D eigenvalue weighted by molar-refractivity contribution is 0.462. The van der Waals surface area contributed by atoms with Crippen LogP contribution in [0.4, 0.5) is 0 Å². The number of sulfone groups is 2. The molecule has 2 aromatic carbocycles. The molecule has 2 aromatic rings. The number of benzene rings is 2. The summed E-state index contributed by atoms with van der Waals surface area (Å²) in [7, 11) is -13.3. The van der Waals surface area contributed by atoms with E-state index in [1.807, 2.05) is 0 Å². The van der Waals surface area contributed by atoms with Crippen molar-refractivity contribution in [3.63, 3.8) is 0 Å². The summed E-state index contributed by atoms with van der Waals surface area (Å²) < 4.78 is 83.0. The van der Waals surface area contributed by atoms with Crippen LogP contribution in [0.3, 0.4) is 0 Å². The fourth-order valence-corrected chi connectivity index (χ4v) is 6.94. The average Bonchev–Trinajstić information content (AvgIpc) is 2.44. The van der Waals surface area contributed by atoms with E-state index in [-0.39, 0.29) is 4.90 Å². The Morgan fingerprint density at radius 2 is 1.18 bits per heavy atom. The van der Waals surface area contributed by atoms with E-state index in [2.05, 4.69) is 0 Å². The van der Waals surface area contributed by atoms with E-state index in [0.29, 0.717) is 6.07 Å². The zero-order valence-electron chi connectivity index (χ0n) is 10.6. The first-order valence-corrected chi connectivity index (χ1v) is 10.1. The van der Waals surface area contributed by atoms with Gasteiger partial charge in [0.2, 0.25) is 19.7 Å². The molecule has 0 bridgehead atoms. The van der Waals surface area contributed by atoms with Gasteiger partial charge in [0.15, 0.2) is 0 Å². The predicted molar refractivity (Wildman–Crippen MR) is 71.8 cm³/mol. The Morgan fingerprint density at radius 3 is 1.68 bits per heavy atom. The van der Waals surface area contributed by atoms with Gasteiger partial charge in [-0.1, -0.05) is 12.1 Å². The molecule has 1 aliphatic heterocycles. The number of rotatable bonds is 1. The Hall–Kier alpha value is -1.75. The molecule has 10 heteroatoms. The van der Waals surface area contributed by atoms with Gasteiger partial charge in [0.25, 0.3) is 0 Å². The molecule has 0 spiro atoms. The topological polar surface area (TPSA) is 125 Å². The lowest BCUT2D eigenvalue weighted by atomic mass is 10.3. The highest BCUT2D eigenvalue weighted by Crippen LogP contribution is 2.40. The van der Waals surface area contributed by atoms with Gasteiger partial charge in [-0.15, -0.1) is 0 Å². The van der Waals surface area contributed by atoms with Crippen LogP contribution >= 0.6 is 0 Å². The Labute approximate surface area is 126 Å². The molecule has 1 heterocycles. The minimum absolute atomic E-state index is 0.375. The molecule has 3 rings (SSSR count). The van der Waals surface area contributed by atoms with Crippen LogP contribution in [-0.2, 0) is 29.8 Å². The van der Waals surface area contributed by atoms with Crippen molar-refractivity contribution in [3.8, 4) is 0 Å². The molecule has 0 aromatic heterocycles. The fraction of sp³-hybridized carbons (Fsp3) is 0. The van der Waals surface area contributed by atoms with Crippen molar-refractivity contribution in [2.45, 2.75) is 24.5 Å². The molecule has 0 saturated carbocycles. The molecular formula is C12H7O7S3-. The summed E-state index contributed by atoms with van der Waals surface area (Å²) >= 11 is 0. The highest BCUT2D eigenvalue weighted by atomic mass is 32.2. The van der Waals surface area contributed by atoms with Gasteiger partial charge in [-0.25, -0.2) is 25.3 Å². The van der Waals surface area contributed by atoms with E-state index in [1.54, 1.807) is 0 Å². The molecule has 0 saturated heterocycles. The molecule has 1 aliphatic rings. The quantitative estimate of drug-likeness (QED) is 0.581. The molecule has 22 heavy (non-hydrogen) atoms. The largest absolute Gasteiger partial charge is 0.744 e. The van der Waals surface area contributed by atoms with Gasteiger partial charge in [-0.05, 0) is 30.3 Å². The molecular weight excluding hydrogens is 352 g/mol. The van der Waals surface area contributed by atoms with E-state index < -0.39 is 49.4 Å². The van der Waals surface area contributed by atoms with Crippen LogP contribution in [0, 0.1) is 0 Å². The molecule has 116 valence electrons. The van der Waals surface area contributed by atoms with E-state index in [0.717, 1.165) is 24.3 Å². The maximum absolute atomic E-state index is 12.5. The summed E-state index contributed by atoms with van der Waals surface area (Å²) in [5.74, 6) is 0. The zero-order valence-corrected chi connectivity index (χ0v) is 13.1. The second-order valence-corrected chi connectivity index (χ2v) is 9.67. The van der Waals surface area contributed by atoms with Gasteiger partial charge in [-0.3, -0.25) is 0 Å². The third-order valence-electron chi connectivity index (χ3n) is 3.21. The summed E-state index contributed by atoms with van der Waals surface area (Å²) in [6.45, 7) is 0.